The number of carbonyl (C=O) groups is 1. The summed E-state index contributed by atoms with van der Waals surface area (Å²) in [6.07, 6.45) is -3.24. The van der Waals surface area contributed by atoms with E-state index in [0.717, 1.165) is 10.5 Å². The number of benzene rings is 2. The molecule has 2 heterocycles. The molecule has 190 valence electrons. The van der Waals surface area contributed by atoms with Gasteiger partial charge in [-0.05, 0) is 31.5 Å². The molecule has 2 aliphatic heterocycles. The van der Waals surface area contributed by atoms with E-state index in [1.807, 2.05) is 60.7 Å². The second-order valence-electron chi connectivity index (χ2n) is 8.60. The summed E-state index contributed by atoms with van der Waals surface area (Å²) < 4.78 is 42.1. The fourth-order valence-electron chi connectivity index (χ4n) is 4.25. The number of esters is 1. The normalized spacial score (nSPS) is 34.7. The maximum Gasteiger partial charge on any atom is 0.337 e. The molecule has 2 aromatic carbocycles. The molecule has 2 fully saturated rings. The third-order valence-corrected chi connectivity index (χ3v) is 7.69. The minimum absolute atomic E-state index is 0.321. The molecule has 0 radical (unpaired) electrons. The van der Waals surface area contributed by atoms with Crippen molar-refractivity contribution in [2.24, 2.45) is 0 Å². The Hall–Kier alpha value is -1.98. The van der Waals surface area contributed by atoms with Crippen LogP contribution in [0.25, 0.3) is 0 Å². The fourth-order valence-corrected chi connectivity index (χ4v) is 5.38. The molecule has 0 N–H and O–H groups in total. The van der Waals surface area contributed by atoms with Crippen molar-refractivity contribution in [1.82, 2.24) is 0 Å². The van der Waals surface area contributed by atoms with Crippen LogP contribution < -0.4 is 0 Å². The SMILES string of the molecule is COC(=O)[C@H]1O[C@@H](Sc2ccccc2)[C@@H](OCc2ccccc2)[C@H]2O[C@](C)(OC)[C@@](C)(OC)O[C@@H]21. The maximum absolute atomic E-state index is 12.8. The summed E-state index contributed by atoms with van der Waals surface area (Å²) in [5.74, 6) is -3.16. The van der Waals surface area contributed by atoms with Gasteiger partial charge in [0.2, 0.25) is 11.6 Å². The highest BCUT2D eigenvalue weighted by Crippen LogP contribution is 2.46. The first kappa shape index (κ1) is 26.1. The highest BCUT2D eigenvalue weighted by molar-refractivity contribution is 7.99. The number of rotatable bonds is 8. The van der Waals surface area contributed by atoms with Gasteiger partial charge in [0.05, 0.1) is 13.7 Å². The van der Waals surface area contributed by atoms with Gasteiger partial charge in [0.15, 0.2) is 6.10 Å². The van der Waals surface area contributed by atoms with E-state index in [4.69, 9.17) is 33.2 Å². The third-order valence-electron chi connectivity index (χ3n) is 6.54. The van der Waals surface area contributed by atoms with E-state index < -0.39 is 47.4 Å². The molecule has 0 unspecified atom stereocenters. The molecule has 4 rings (SSSR count). The zero-order valence-corrected chi connectivity index (χ0v) is 21.4. The van der Waals surface area contributed by atoms with E-state index in [1.54, 1.807) is 13.8 Å². The molecule has 0 bridgehead atoms. The predicted octanol–water partition coefficient (Wildman–Crippen LogP) is 3.77. The van der Waals surface area contributed by atoms with Crippen LogP contribution in [0.1, 0.15) is 19.4 Å². The number of hydrogen-bond donors (Lipinski definition) is 0. The molecule has 35 heavy (non-hydrogen) atoms. The van der Waals surface area contributed by atoms with Gasteiger partial charge < -0.3 is 33.2 Å². The largest absolute Gasteiger partial charge is 0.467 e. The molecule has 8 nitrogen and oxygen atoms in total. The molecule has 2 aromatic rings. The first-order chi connectivity index (χ1) is 16.8. The highest BCUT2D eigenvalue weighted by atomic mass is 32.2. The Labute approximate surface area is 210 Å². The fraction of sp³-hybridized carbons (Fsp3) is 0.500. The van der Waals surface area contributed by atoms with E-state index >= 15 is 0 Å². The number of fused-ring (bicyclic) bond motifs is 1. The smallest absolute Gasteiger partial charge is 0.337 e. The van der Waals surface area contributed by atoms with Gasteiger partial charge in [-0.2, -0.15) is 0 Å². The van der Waals surface area contributed by atoms with Crippen LogP contribution in [-0.2, 0) is 44.6 Å². The van der Waals surface area contributed by atoms with Crippen molar-refractivity contribution < 1.29 is 38.0 Å². The van der Waals surface area contributed by atoms with E-state index in [0.29, 0.717) is 6.61 Å². The molecule has 0 aromatic heterocycles. The van der Waals surface area contributed by atoms with Gasteiger partial charge in [-0.15, -0.1) is 0 Å². The molecule has 9 heteroatoms. The minimum Gasteiger partial charge on any atom is -0.467 e. The van der Waals surface area contributed by atoms with E-state index in [-0.39, 0.29) is 0 Å². The number of hydrogen-bond acceptors (Lipinski definition) is 9. The maximum atomic E-state index is 12.8. The lowest BCUT2D eigenvalue weighted by Gasteiger charge is -2.56. The minimum atomic E-state index is -1.32. The molecule has 7 atom stereocenters. The van der Waals surface area contributed by atoms with Crippen molar-refractivity contribution in [3.63, 3.8) is 0 Å². The van der Waals surface area contributed by atoms with Gasteiger partial charge in [0, 0.05) is 19.1 Å². The lowest BCUT2D eigenvalue weighted by Crippen LogP contribution is -2.73. The van der Waals surface area contributed by atoms with Crippen LogP contribution in [0.2, 0.25) is 0 Å². The third kappa shape index (κ3) is 5.27. The van der Waals surface area contributed by atoms with Gasteiger partial charge in [0.25, 0.3) is 0 Å². The molecule has 2 aliphatic rings. The Kier molecular flexibility index (Phi) is 8.17. The quantitative estimate of drug-likeness (QED) is 0.499. The van der Waals surface area contributed by atoms with Crippen molar-refractivity contribution in [3.05, 3.63) is 66.2 Å². The topological polar surface area (TPSA) is 81.7 Å². The average Bonchev–Trinajstić information content (AvgIpc) is 2.89. The number of carbonyl (C=O) groups excluding carboxylic acids is 1. The van der Waals surface area contributed by atoms with Gasteiger partial charge in [0.1, 0.15) is 23.7 Å². The summed E-state index contributed by atoms with van der Waals surface area (Å²) in [7, 11) is 4.33. The van der Waals surface area contributed by atoms with Crippen molar-refractivity contribution >= 4 is 17.7 Å². The van der Waals surface area contributed by atoms with Crippen LogP contribution in [0.3, 0.4) is 0 Å². The Morgan fingerprint density at radius 2 is 1.46 bits per heavy atom. The standard InChI is InChI=1S/C26H32O8S/c1-25(29-4)26(2,30-5)34-20-19(33-25)21(23(27)28-3)32-24(35-18-14-10-7-11-15-18)22(20)31-16-17-12-8-6-9-13-17/h6-15,19-22,24H,16H2,1-5H3/t19-,20-,21-,22-,24-,25-,26-/m0/s1. The second-order valence-corrected chi connectivity index (χ2v) is 9.78. The molecule has 2 saturated heterocycles. The Bertz CT molecular complexity index is 976. The molecule has 0 amide bonds. The Balaban J connectivity index is 1.71. The first-order valence-corrected chi connectivity index (χ1v) is 12.3. The van der Waals surface area contributed by atoms with Crippen molar-refractivity contribution in [2.75, 3.05) is 21.3 Å². The van der Waals surface area contributed by atoms with Crippen LogP contribution in [0.4, 0.5) is 0 Å². The second kappa shape index (κ2) is 11.0. The van der Waals surface area contributed by atoms with Crippen LogP contribution >= 0.6 is 11.8 Å². The summed E-state index contributed by atoms with van der Waals surface area (Å²) in [4.78, 5) is 13.8. The van der Waals surface area contributed by atoms with Crippen molar-refractivity contribution in [1.29, 1.82) is 0 Å². The Morgan fingerprint density at radius 1 is 0.886 bits per heavy atom. The first-order valence-electron chi connectivity index (χ1n) is 11.4. The van der Waals surface area contributed by atoms with Crippen molar-refractivity contribution in [2.45, 2.75) is 66.8 Å². The average molecular weight is 505 g/mol. The monoisotopic (exact) mass is 504 g/mol. The number of ether oxygens (including phenoxy) is 7. The van der Waals surface area contributed by atoms with E-state index in [2.05, 4.69) is 0 Å². The molecule has 0 aliphatic carbocycles. The van der Waals surface area contributed by atoms with Crippen LogP contribution in [0.15, 0.2) is 65.6 Å². The summed E-state index contributed by atoms with van der Waals surface area (Å²) in [6, 6.07) is 19.6. The summed E-state index contributed by atoms with van der Waals surface area (Å²) in [5.41, 5.74) is 0.402. The highest BCUT2D eigenvalue weighted by Gasteiger charge is 2.64. The zero-order chi connectivity index (χ0) is 25.1. The number of methoxy groups -OCH3 is 3. The van der Waals surface area contributed by atoms with Crippen LogP contribution in [0.5, 0.6) is 0 Å². The predicted molar refractivity (Wildman–Crippen MR) is 129 cm³/mol. The van der Waals surface area contributed by atoms with Gasteiger partial charge >= 0.3 is 5.97 Å². The van der Waals surface area contributed by atoms with Gasteiger partial charge in [-0.25, -0.2) is 4.79 Å². The van der Waals surface area contributed by atoms with E-state index in [1.165, 1.54) is 33.1 Å². The van der Waals surface area contributed by atoms with Gasteiger partial charge in [-0.3, -0.25) is 0 Å². The molecular formula is C26H32O8S. The molecule has 0 saturated carbocycles. The van der Waals surface area contributed by atoms with Crippen LogP contribution in [-0.4, -0.2) is 68.7 Å². The van der Waals surface area contributed by atoms with Gasteiger partial charge in [-0.1, -0.05) is 60.3 Å². The zero-order valence-electron chi connectivity index (χ0n) is 20.5. The summed E-state index contributed by atoms with van der Waals surface area (Å²) >= 11 is 1.45. The molecule has 0 spiro atoms. The lowest BCUT2D eigenvalue weighted by atomic mass is 9.94. The Morgan fingerprint density at radius 3 is 2.03 bits per heavy atom. The van der Waals surface area contributed by atoms with Crippen molar-refractivity contribution in [3.8, 4) is 0 Å². The van der Waals surface area contributed by atoms with Crippen LogP contribution in [0, 0.1) is 0 Å². The lowest BCUT2D eigenvalue weighted by molar-refractivity contribution is -0.469. The summed E-state index contributed by atoms with van der Waals surface area (Å²) in [5, 5.41) is 0. The van der Waals surface area contributed by atoms with E-state index in [9.17, 15) is 4.79 Å². The number of thioether (sulfide) groups is 1. The molecular weight excluding hydrogens is 472 g/mol. The summed E-state index contributed by atoms with van der Waals surface area (Å²) in [6.45, 7) is 3.76.